The van der Waals surface area contributed by atoms with Crippen molar-refractivity contribution in [1.82, 2.24) is 9.88 Å². The largest absolute Gasteiger partial charge is 0.350 e. The van der Waals surface area contributed by atoms with Crippen molar-refractivity contribution in [1.29, 1.82) is 0 Å². The predicted octanol–water partition coefficient (Wildman–Crippen LogP) is 1.94. The summed E-state index contributed by atoms with van der Waals surface area (Å²) in [4.78, 5) is 0. The average molecular weight is 200 g/mol. The van der Waals surface area contributed by atoms with Gasteiger partial charge in [0.2, 0.25) is 0 Å². The quantitative estimate of drug-likeness (QED) is 0.784. The Hall–Kier alpha value is -1.28. The van der Waals surface area contributed by atoms with Crippen LogP contribution in [0.4, 0.5) is 0 Å². The zero-order valence-electron chi connectivity index (χ0n) is 9.03. The highest BCUT2D eigenvalue weighted by atomic mass is 14.9. The molecule has 15 heavy (non-hydrogen) atoms. The Balaban J connectivity index is 2.04. The Bertz CT molecular complexity index is 480. The molecular formula is C13H16N2. The van der Waals surface area contributed by atoms with E-state index < -0.39 is 0 Å². The fourth-order valence-electron chi connectivity index (χ4n) is 2.41. The summed E-state index contributed by atoms with van der Waals surface area (Å²) in [6.45, 7) is 2.36. The second-order valence-electron chi connectivity index (χ2n) is 4.51. The van der Waals surface area contributed by atoms with Gasteiger partial charge in [0.1, 0.15) is 0 Å². The summed E-state index contributed by atoms with van der Waals surface area (Å²) in [7, 11) is 2.13. The molecule has 1 saturated heterocycles. The van der Waals surface area contributed by atoms with Gasteiger partial charge in [-0.3, -0.25) is 0 Å². The standard InChI is InChI=1S/C13H16N2/c1-15-6-5-11-3-2-4-12(13(11)15)7-10-8-14-9-10/h2-6,10,14H,7-9H2,1H3. The lowest BCUT2D eigenvalue weighted by atomic mass is 9.93. The minimum atomic E-state index is 0.838. The van der Waals surface area contributed by atoms with Gasteiger partial charge in [0.15, 0.2) is 0 Å². The molecule has 1 aromatic carbocycles. The highest BCUT2D eigenvalue weighted by Crippen LogP contribution is 2.22. The Morgan fingerprint density at radius 3 is 2.93 bits per heavy atom. The lowest BCUT2D eigenvalue weighted by molar-refractivity contribution is 0.347. The van der Waals surface area contributed by atoms with Crippen molar-refractivity contribution in [2.45, 2.75) is 6.42 Å². The summed E-state index contributed by atoms with van der Waals surface area (Å²) in [6, 6.07) is 8.82. The third-order valence-electron chi connectivity index (χ3n) is 3.36. The number of hydrogen-bond acceptors (Lipinski definition) is 1. The molecule has 2 heterocycles. The lowest BCUT2D eigenvalue weighted by Gasteiger charge is -2.27. The number of rotatable bonds is 2. The second kappa shape index (κ2) is 3.38. The first-order valence-corrected chi connectivity index (χ1v) is 5.58. The fraction of sp³-hybridized carbons (Fsp3) is 0.385. The number of nitrogens with one attached hydrogen (secondary N) is 1. The maximum absolute atomic E-state index is 3.33. The first kappa shape index (κ1) is 8.98. The van der Waals surface area contributed by atoms with Crippen molar-refractivity contribution < 1.29 is 0 Å². The molecule has 1 aliphatic rings. The van der Waals surface area contributed by atoms with Crippen LogP contribution < -0.4 is 5.32 Å². The van der Waals surface area contributed by atoms with Gasteiger partial charge in [0, 0.05) is 13.2 Å². The van der Waals surface area contributed by atoms with E-state index in [0.29, 0.717) is 0 Å². The van der Waals surface area contributed by atoms with Crippen LogP contribution in [0.5, 0.6) is 0 Å². The molecule has 0 amide bonds. The molecule has 0 bridgehead atoms. The van der Waals surface area contributed by atoms with E-state index in [1.54, 1.807) is 0 Å². The van der Waals surface area contributed by atoms with Crippen LogP contribution in [0, 0.1) is 5.92 Å². The van der Waals surface area contributed by atoms with E-state index in [4.69, 9.17) is 0 Å². The van der Waals surface area contributed by atoms with Gasteiger partial charge < -0.3 is 9.88 Å². The fourth-order valence-corrected chi connectivity index (χ4v) is 2.41. The number of aromatic nitrogens is 1. The summed E-state index contributed by atoms with van der Waals surface area (Å²) in [5.41, 5.74) is 2.90. The van der Waals surface area contributed by atoms with E-state index in [-0.39, 0.29) is 0 Å². The molecule has 0 atom stereocenters. The lowest BCUT2D eigenvalue weighted by Crippen LogP contribution is -2.43. The summed E-state index contributed by atoms with van der Waals surface area (Å²) in [5.74, 6) is 0.838. The zero-order chi connectivity index (χ0) is 10.3. The van der Waals surface area contributed by atoms with E-state index in [0.717, 1.165) is 5.92 Å². The van der Waals surface area contributed by atoms with Gasteiger partial charge in [-0.15, -0.1) is 0 Å². The number of aryl methyl sites for hydroxylation is 1. The monoisotopic (exact) mass is 200 g/mol. The Morgan fingerprint density at radius 2 is 2.20 bits per heavy atom. The van der Waals surface area contributed by atoms with Crippen molar-refractivity contribution in [3.05, 3.63) is 36.0 Å². The molecule has 0 radical (unpaired) electrons. The zero-order valence-corrected chi connectivity index (χ0v) is 9.03. The molecule has 0 unspecified atom stereocenters. The summed E-state index contributed by atoms with van der Waals surface area (Å²) in [6.07, 6.45) is 3.36. The number of hydrogen-bond donors (Lipinski definition) is 1. The SMILES string of the molecule is Cn1ccc2cccc(CC3CNC3)c21. The van der Waals surface area contributed by atoms with Crippen LogP contribution in [0.1, 0.15) is 5.56 Å². The maximum atomic E-state index is 3.33. The van der Waals surface area contributed by atoms with E-state index in [2.05, 4.69) is 47.4 Å². The molecule has 1 N–H and O–H groups in total. The molecule has 0 aliphatic carbocycles. The van der Waals surface area contributed by atoms with Crippen LogP contribution >= 0.6 is 0 Å². The highest BCUT2D eigenvalue weighted by molar-refractivity contribution is 5.83. The van der Waals surface area contributed by atoms with Crippen LogP contribution in [0.2, 0.25) is 0 Å². The number of fused-ring (bicyclic) bond motifs is 1. The highest BCUT2D eigenvalue weighted by Gasteiger charge is 2.18. The summed E-state index contributed by atoms with van der Waals surface area (Å²) >= 11 is 0. The number of para-hydroxylation sites is 1. The van der Waals surface area contributed by atoms with E-state index in [1.165, 1.54) is 36.0 Å². The van der Waals surface area contributed by atoms with Crippen molar-refractivity contribution in [2.24, 2.45) is 13.0 Å². The van der Waals surface area contributed by atoms with Gasteiger partial charge in [-0.1, -0.05) is 18.2 Å². The normalized spacial score (nSPS) is 16.9. The van der Waals surface area contributed by atoms with Gasteiger partial charge in [0.05, 0.1) is 5.52 Å². The molecule has 78 valence electrons. The van der Waals surface area contributed by atoms with Crippen molar-refractivity contribution >= 4 is 10.9 Å². The second-order valence-corrected chi connectivity index (χ2v) is 4.51. The molecule has 0 spiro atoms. The molecule has 3 rings (SSSR count). The van der Waals surface area contributed by atoms with E-state index in [9.17, 15) is 0 Å². The van der Waals surface area contributed by atoms with Gasteiger partial charge in [-0.2, -0.15) is 0 Å². The molecule has 0 saturated carbocycles. The van der Waals surface area contributed by atoms with Crippen LogP contribution in [0.15, 0.2) is 30.5 Å². The topological polar surface area (TPSA) is 17.0 Å². The van der Waals surface area contributed by atoms with Gasteiger partial charge in [0.25, 0.3) is 0 Å². The molecular weight excluding hydrogens is 184 g/mol. The van der Waals surface area contributed by atoms with Crippen LogP contribution in [-0.2, 0) is 13.5 Å². The molecule has 2 heteroatoms. The molecule has 1 aliphatic heterocycles. The van der Waals surface area contributed by atoms with E-state index in [1.807, 2.05) is 0 Å². The summed E-state index contributed by atoms with van der Waals surface area (Å²) < 4.78 is 2.23. The first-order chi connectivity index (χ1) is 7.34. The third kappa shape index (κ3) is 1.45. The smallest absolute Gasteiger partial charge is 0.0510 e. The van der Waals surface area contributed by atoms with Gasteiger partial charge >= 0.3 is 0 Å². The average Bonchev–Trinajstić information content (AvgIpc) is 2.55. The maximum Gasteiger partial charge on any atom is 0.0510 e. The first-order valence-electron chi connectivity index (χ1n) is 5.58. The van der Waals surface area contributed by atoms with Gasteiger partial charge in [-0.05, 0) is 42.4 Å². The molecule has 1 aromatic heterocycles. The number of nitrogens with zero attached hydrogens (tertiary/aromatic N) is 1. The predicted molar refractivity (Wildman–Crippen MR) is 63.0 cm³/mol. The Labute approximate surface area is 89.9 Å². The van der Waals surface area contributed by atoms with Crippen LogP contribution in [-0.4, -0.2) is 17.7 Å². The van der Waals surface area contributed by atoms with Crippen LogP contribution in [0.25, 0.3) is 10.9 Å². The third-order valence-corrected chi connectivity index (χ3v) is 3.36. The minimum absolute atomic E-state index is 0.838. The Kier molecular flexibility index (Phi) is 2.03. The molecule has 2 aromatic rings. The van der Waals surface area contributed by atoms with Crippen molar-refractivity contribution in [3.8, 4) is 0 Å². The van der Waals surface area contributed by atoms with Crippen LogP contribution in [0.3, 0.4) is 0 Å². The minimum Gasteiger partial charge on any atom is -0.350 e. The van der Waals surface area contributed by atoms with Crippen molar-refractivity contribution in [2.75, 3.05) is 13.1 Å². The van der Waals surface area contributed by atoms with E-state index >= 15 is 0 Å². The molecule has 1 fully saturated rings. The molecule has 2 nitrogen and oxygen atoms in total. The van der Waals surface area contributed by atoms with Gasteiger partial charge in [-0.25, -0.2) is 0 Å². The summed E-state index contributed by atoms with van der Waals surface area (Å²) in [5, 5.41) is 4.69. The van der Waals surface area contributed by atoms with Crippen molar-refractivity contribution in [3.63, 3.8) is 0 Å². The number of benzene rings is 1. The Morgan fingerprint density at radius 1 is 1.33 bits per heavy atom.